The van der Waals surface area contributed by atoms with Crippen molar-refractivity contribution in [2.45, 2.75) is 0 Å². The van der Waals surface area contributed by atoms with E-state index in [-0.39, 0.29) is 18.3 Å². The van der Waals surface area contributed by atoms with Crippen molar-refractivity contribution < 1.29 is 28.2 Å². The molecule has 0 bridgehead atoms. The summed E-state index contributed by atoms with van der Waals surface area (Å²) in [5, 5.41) is 3.08. The summed E-state index contributed by atoms with van der Waals surface area (Å²) in [5.74, 6) is -0.328. The number of hydrogen-bond acceptors (Lipinski definition) is 7. The molecule has 0 saturated carbocycles. The average Bonchev–Trinajstić information content (AvgIpc) is 3.06. The molecular weight excluding hydrogens is 526 g/mol. The lowest BCUT2D eigenvalue weighted by Crippen LogP contribution is -2.19. The number of amides is 1. The van der Waals surface area contributed by atoms with Crippen LogP contribution >= 0.6 is 34.4 Å². The maximum Gasteiger partial charge on any atom is 0.343 e. The Morgan fingerprint density at radius 2 is 2.00 bits per heavy atom. The van der Waals surface area contributed by atoms with Gasteiger partial charge in [-0.05, 0) is 82.4 Å². The molecule has 7 nitrogen and oxygen atoms in total. The van der Waals surface area contributed by atoms with Gasteiger partial charge in [0.1, 0.15) is 5.82 Å². The van der Waals surface area contributed by atoms with Crippen LogP contribution in [0.1, 0.15) is 5.56 Å². The summed E-state index contributed by atoms with van der Waals surface area (Å²) in [5.41, 5.74) is 1.24. The number of ether oxygens (including phenoxy) is 3. The molecule has 1 fully saturated rings. The predicted octanol–water partition coefficient (Wildman–Crippen LogP) is 3.88. The Kier molecular flexibility index (Phi) is 7.32. The summed E-state index contributed by atoms with van der Waals surface area (Å²) in [6.07, 6.45) is 1.70. The number of carbonyl (C=O) groups excluding carboxylic acids is 2. The molecule has 3 rings (SSSR count). The zero-order chi connectivity index (χ0) is 21.7. The molecule has 30 heavy (non-hydrogen) atoms. The van der Waals surface area contributed by atoms with Gasteiger partial charge in [-0.3, -0.25) is 4.79 Å². The highest BCUT2D eigenvalue weighted by atomic mass is 127. The molecule has 0 atom stereocenters. The molecule has 156 valence electrons. The van der Waals surface area contributed by atoms with Gasteiger partial charge in [0.15, 0.2) is 23.3 Å². The highest BCUT2D eigenvalue weighted by Gasteiger charge is 2.24. The highest BCUT2D eigenvalue weighted by Crippen LogP contribution is 2.36. The van der Waals surface area contributed by atoms with Crippen molar-refractivity contribution in [1.29, 1.82) is 0 Å². The predicted molar refractivity (Wildman–Crippen MR) is 120 cm³/mol. The van der Waals surface area contributed by atoms with Gasteiger partial charge in [0.25, 0.3) is 5.91 Å². The van der Waals surface area contributed by atoms with Crippen molar-refractivity contribution in [3.63, 3.8) is 0 Å². The van der Waals surface area contributed by atoms with E-state index in [9.17, 15) is 14.0 Å². The Morgan fingerprint density at radius 1 is 1.27 bits per heavy atom. The quantitative estimate of drug-likeness (QED) is 0.339. The molecule has 1 amide bonds. The smallest absolute Gasteiger partial charge is 0.343 e. The second-order valence-electron chi connectivity index (χ2n) is 5.86. The molecule has 0 spiro atoms. The molecule has 2 aromatic carbocycles. The Morgan fingerprint density at radius 3 is 2.67 bits per heavy atom. The number of esters is 1. The Bertz CT molecular complexity index is 1040. The lowest BCUT2D eigenvalue weighted by Gasteiger charge is -2.13. The first-order valence-corrected chi connectivity index (χ1v) is 10.4. The van der Waals surface area contributed by atoms with Gasteiger partial charge in [-0.1, -0.05) is 0 Å². The van der Waals surface area contributed by atoms with Crippen LogP contribution in [0.3, 0.4) is 0 Å². The number of benzene rings is 2. The zero-order valence-corrected chi connectivity index (χ0v) is 18.9. The average molecular weight is 542 g/mol. The van der Waals surface area contributed by atoms with E-state index in [0.29, 0.717) is 36.4 Å². The number of nitrogens with zero attached hydrogens (tertiary/aromatic N) is 1. The molecule has 1 N–H and O–H groups in total. The van der Waals surface area contributed by atoms with Gasteiger partial charge >= 0.3 is 5.97 Å². The third-order valence-corrected chi connectivity index (χ3v) is 5.53. The lowest BCUT2D eigenvalue weighted by atomic mass is 10.2. The first kappa shape index (κ1) is 22.1. The van der Waals surface area contributed by atoms with Crippen molar-refractivity contribution in [2.75, 3.05) is 20.8 Å². The van der Waals surface area contributed by atoms with Crippen LogP contribution in [-0.2, 0) is 14.3 Å². The summed E-state index contributed by atoms with van der Waals surface area (Å²) in [6.45, 7) is -0.245. The van der Waals surface area contributed by atoms with E-state index < -0.39 is 5.97 Å². The number of nitrogens with one attached hydrogen (secondary N) is 1. The fraction of sp³-hybridized carbons (Fsp3) is 0.150. The van der Waals surface area contributed by atoms with Gasteiger partial charge in [0.05, 0.1) is 28.4 Å². The molecule has 10 heteroatoms. The number of aliphatic imine (C=N–C) groups is 1. The number of hydrogen-bond donors (Lipinski definition) is 1. The van der Waals surface area contributed by atoms with E-state index >= 15 is 0 Å². The Hall–Kier alpha value is -2.60. The molecule has 2 aromatic rings. The third-order valence-electron chi connectivity index (χ3n) is 3.82. The van der Waals surface area contributed by atoms with Crippen LogP contribution in [0.15, 0.2) is 46.3 Å². The summed E-state index contributed by atoms with van der Waals surface area (Å²) in [6, 6.07) is 9.15. The second kappa shape index (κ2) is 9.94. The molecule has 0 aliphatic carbocycles. The van der Waals surface area contributed by atoms with Gasteiger partial charge in [0.2, 0.25) is 0 Å². The minimum absolute atomic E-state index is 0.245. The number of amidine groups is 1. The Balaban J connectivity index is 1.82. The standard InChI is InChI=1S/C20H16FIN2O5S/c1-27-15-8-11(7-14(22)18(15)29-10-17(25)28-2)9-16-19(26)24-20(30-16)23-13-5-3-12(21)4-6-13/h3-9H,10H2,1-2H3,(H,23,24,26)/b16-9+. The molecule has 1 aliphatic rings. The minimum Gasteiger partial charge on any atom is -0.493 e. The molecule has 0 aromatic heterocycles. The first-order chi connectivity index (χ1) is 14.4. The van der Waals surface area contributed by atoms with E-state index in [2.05, 4.69) is 37.6 Å². The zero-order valence-electron chi connectivity index (χ0n) is 15.9. The fourth-order valence-electron chi connectivity index (χ4n) is 2.42. The molecular formula is C20H16FIN2O5S. The largest absolute Gasteiger partial charge is 0.493 e. The highest BCUT2D eigenvalue weighted by molar-refractivity contribution is 14.1. The monoisotopic (exact) mass is 542 g/mol. The SMILES string of the molecule is COC(=O)COc1c(I)cc(/C=C2/SC(=Nc3ccc(F)cc3)NC2=O)cc1OC. The summed E-state index contributed by atoms with van der Waals surface area (Å²) < 4.78 is 29.1. The van der Waals surface area contributed by atoms with E-state index in [1.54, 1.807) is 18.2 Å². The van der Waals surface area contributed by atoms with Crippen LogP contribution in [-0.4, -0.2) is 37.9 Å². The molecule has 0 unspecified atom stereocenters. The van der Waals surface area contributed by atoms with Gasteiger partial charge in [-0.15, -0.1) is 0 Å². The van der Waals surface area contributed by atoms with Crippen LogP contribution < -0.4 is 14.8 Å². The van der Waals surface area contributed by atoms with Gasteiger partial charge in [0, 0.05) is 0 Å². The maximum atomic E-state index is 13.0. The number of halogens is 2. The van der Waals surface area contributed by atoms with Gasteiger partial charge in [-0.2, -0.15) is 0 Å². The van der Waals surface area contributed by atoms with Gasteiger partial charge in [-0.25, -0.2) is 14.2 Å². The van der Waals surface area contributed by atoms with Crippen molar-refractivity contribution in [1.82, 2.24) is 5.32 Å². The van der Waals surface area contributed by atoms with E-state index in [1.807, 2.05) is 0 Å². The second-order valence-corrected chi connectivity index (χ2v) is 8.05. The van der Waals surface area contributed by atoms with Crippen molar-refractivity contribution in [3.05, 3.63) is 56.3 Å². The summed E-state index contributed by atoms with van der Waals surface area (Å²) >= 11 is 3.23. The fourth-order valence-corrected chi connectivity index (χ4v) is 4.04. The first-order valence-electron chi connectivity index (χ1n) is 8.52. The maximum absolute atomic E-state index is 13.0. The van der Waals surface area contributed by atoms with Crippen LogP contribution in [0.4, 0.5) is 10.1 Å². The minimum atomic E-state index is -0.508. The van der Waals surface area contributed by atoms with E-state index in [4.69, 9.17) is 9.47 Å². The molecule has 1 aliphatic heterocycles. The number of methoxy groups -OCH3 is 2. The Labute approximate surface area is 189 Å². The summed E-state index contributed by atoms with van der Waals surface area (Å²) in [7, 11) is 2.76. The van der Waals surface area contributed by atoms with Gasteiger partial charge < -0.3 is 19.5 Å². The van der Waals surface area contributed by atoms with Crippen LogP contribution in [0.25, 0.3) is 6.08 Å². The van der Waals surface area contributed by atoms with Crippen LogP contribution in [0.5, 0.6) is 11.5 Å². The van der Waals surface area contributed by atoms with Crippen molar-refractivity contribution in [3.8, 4) is 11.5 Å². The van der Waals surface area contributed by atoms with Crippen molar-refractivity contribution in [2.24, 2.45) is 4.99 Å². The molecule has 0 radical (unpaired) electrons. The summed E-state index contributed by atoms with van der Waals surface area (Å²) in [4.78, 5) is 28.4. The molecule has 1 heterocycles. The number of rotatable bonds is 6. The molecule has 1 saturated heterocycles. The number of thioether (sulfide) groups is 1. The normalized spacial score (nSPS) is 15.9. The lowest BCUT2D eigenvalue weighted by molar-refractivity contribution is -0.143. The van der Waals surface area contributed by atoms with Crippen LogP contribution in [0, 0.1) is 9.39 Å². The van der Waals surface area contributed by atoms with Crippen molar-refractivity contribution >= 4 is 63.2 Å². The van der Waals surface area contributed by atoms with E-state index in [1.165, 1.54) is 50.2 Å². The number of carbonyl (C=O) groups is 2. The van der Waals surface area contributed by atoms with Crippen LogP contribution in [0.2, 0.25) is 0 Å². The third kappa shape index (κ3) is 5.51. The van der Waals surface area contributed by atoms with E-state index in [0.717, 1.165) is 0 Å². The topological polar surface area (TPSA) is 86.2 Å².